The van der Waals surface area contributed by atoms with E-state index < -0.39 is 0 Å². The third-order valence-electron chi connectivity index (χ3n) is 4.06. The summed E-state index contributed by atoms with van der Waals surface area (Å²) >= 11 is 0. The van der Waals surface area contributed by atoms with Gasteiger partial charge in [0.2, 0.25) is 5.91 Å². The van der Waals surface area contributed by atoms with Gasteiger partial charge in [0.1, 0.15) is 17.3 Å². The first-order valence-electron chi connectivity index (χ1n) is 8.45. The number of hydrogen-bond acceptors (Lipinski definition) is 4. The molecule has 0 aliphatic rings. The van der Waals surface area contributed by atoms with E-state index in [1.54, 1.807) is 44.6 Å². The molecule has 140 valence electrons. The van der Waals surface area contributed by atoms with Gasteiger partial charge >= 0.3 is 0 Å². The Kier molecular flexibility index (Phi) is 6.97. The first-order valence-corrected chi connectivity index (χ1v) is 8.45. The maximum Gasteiger partial charge on any atom is 0.238 e. The number of methoxy groups -OCH3 is 2. The molecule has 2 N–H and O–H groups in total. The summed E-state index contributed by atoms with van der Waals surface area (Å²) in [6, 6.07) is 11.4. The van der Waals surface area contributed by atoms with Crippen LogP contribution in [0.3, 0.4) is 0 Å². The number of rotatable bonds is 8. The summed E-state index contributed by atoms with van der Waals surface area (Å²) in [6.45, 7) is 4.20. The largest absolute Gasteiger partial charge is 0.497 e. The molecule has 0 heterocycles. The predicted octanol–water partition coefficient (Wildman–Crippen LogP) is 3.77. The second kappa shape index (κ2) is 9.20. The zero-order valence-electron chi connectivity index (χ0n) is 15.5. The van der Waals surface area contributed by atoms with E-state index in [9.17, 15) is 9.18 Å². The van der Waals surface area contributed by atoms with Crippen molar-refractivity contribution < 1.29 is 18.7 Å². The van der Waals surface area contributed by atoms with Crippen molar-refractivity contribution in [1.82, 2.24) is 5.32 Å². The highest BCUT2D eigenvalue weighted by Gasteiger charge is 2.17. The molecule has 2 aromatic carbocycles. The molecule has 6 heteroatoms. The van der Waals surface area contributed by atoms with Crippen LogP contribution in [0.25, 0.3) is 0 Å². The number of hydrogen-bond donors (Lipinski definition) is 2. The third kappa shape index (κ3) is 5.20. The molecule has 0 aliphatic heterocycles. The van der Waals surface area contributed by atoms with Crippen LogP contribution >= 0.6 is 0 Å². The third-order valence-corrected chi connectivity index (χ3v) is 4.06. The number of carbonyl (C=O) groups is 1. The van der Waals surface area contributed by atoms with Gasteiger partial charge in [0.15, 0.2) is 0 Å². The molecule has 2 rings (SSSR count). The van der Waals surface area contributed by atoms with E-state index in [1.807, 2.05) is 13.8 Å². The highest BCUT2D eigenvalue weighted by molar-refractivity contribution is 5.94. The maximum absolute atomic E-state index is 13.1. The zero-order chi connectivity index (χ0) is 19.1. The molecule has 1 atom stereocenters. The lowest BCUT2D eigenvalue weighted by Crippen LogP contribution is -2.33. The highest BCUT2D eigenvalue weighted by atomic mass is 19.1. The van der Waals surface area contributed by atoms with Crippen molar-refractivity contribution >= 4 is 11.6 Å². The van der Waals surface area contributed by atoms with Crippen LogP contribution in [0.2, 0.25) is 0 Å². The van der Waals surface area contributed by atoms with Crippen LogP contribution in [-0.4, -0.2) is 26.7 Å². The molecule has 0 spiro atoms. The van der Waals surface area contributed by atoms with Gasteiger partial charge in [-0.1, -0.05) is 26.0 Å². The molecule has 0 radical (unpaired) electrons. The maximum atomic E-state index is 13.1. The number of carbonyl (C=O) groups excluding carboxylic acids is 1. The second-order valence-corrected chi connectivity index (χ2v) is 6.27. The lowest BCUT2D eigenvalue weighted by molar-refractivity contribution is -0.115. The Morgan fingerprint density at radius 3 is 2.35 bits per heavy atom. The fourth-order valence-corrected chi connectivity index (χ4v) is 2.72. The van der Waals surface area contributed by atoms with E-state index in [2.05, 4.69) is 10.6 Å². The first kappa shape index (κ1) is 19.7. The molecule has 0 saturated carbocycles. The van der Waals surface area contributed by atoms with Crippen LogP contribution in [0.1, 0.15) is 25.5 Å². The fraction of sp³-hybridized carbons (Fsp3) is 0.350. The zero-order valence-corrected chi connectivity index (χ0v) is 15.5. The molecule has 26 heavy (non-hydrogen) atoms. The normalized spacial score (nSPS) is 11.9. The van der Waals surface area contributed by atoms with Crippen molar-refractivity contribution in [2.75, 3.05) is 26.1 Å². The van der Waals surface area contributed by atoms with Crippen LogP contribution in [0.15, 0.2) is 42.5 Å². The molecule has 0 bridgehead atoms. The standard InChI is InChI=1S/C20H25FN2O3/c1-13(2)20(14-5-7-15(21)8-6-14)22-12-19(24)23-17-11-16(25-3)9-10-18(17)26-4/h5-11,13,20,22H,12H2,1-4H3,(H,23,24)/t20-/m0/s1. The predicted molar refractivity (Wildman–Crippen MR) is 100 cm³/mol. The van der Waals surface area contributed by atoms with E-state index in [4.69, 9.17) is 9.47 Å². The average molecular weight is 360 g/mol. The fourth-order valence-electron chi connectivity index (χ4n) is 2.72. The minimum atomic E-state index is -0.279. The molecule has 0 aromatic heterocycles. The van der Waals surface area contributed by atoms with Gasteiger partial charge in [-0.05, 0) is 35.7 Å². The Morgan fingerprint density at radius 2 is 1.77 bits per heavy atom. The minimum Gasteiger partial charge on any atom is -0.497 e. The Bertz CT molecular complexity index is 732. The highest BCUT2D eigenvalue weighted by Crippen LogP contribution is 2.29. The molecule has 5 nitrogen and oxygen atoms in total. The Morgan fingerprint density at radius 1 is 1.08 bits per heavy atom. The number of amides is 1. The van der Waals surface area contributed by atoms with Crippen molar-refractivity contribution in [2.24, 2.45) is 5.92 Å². The van der Waals surface area contributed by atoms with Gasteiger partial charge in [-0.15, -0.1) is 0 Å². The SMILES string of the molecule is COc1ccc(OC)c(NC(=O)CN[C@H](c2ccc(F)cc2)C(C)C)c1. The summed E-state index contributed by atoms with van der Waals surface area (Å²) in [6.07, 6.45) is 0. The van der Waals surface area contributed by atoms with E-state index in [-0.39, 0.29) is 30.2 Å². The van der Waals surface area contributed by atoms with Crippen molar-refractivity contribution in [3.63, 3.8) is 0 Å². The number of anilines is 1. The molecule has 2 aromatic rings. The van der Waals surface area contributed by atoms with Gasteiger partial charge in [-0.2, -0.15) is 0 Å². The Balaban J connectivity index is 2.03. The summed E-state index contributed by atoms with van der Waals surface area (Å²) in [5.74, 6) is 0.932. The number of ether oxygens (including phenoxy) is 2. The van der Waals surface area contributed by atoms with E-state index in [1.165, 1.54) is 12.1 Å². The molecule has 0 fully saturated rings. The summed E-state index contributed by atoms with van der Waals surface area (Å²) < 4.78 is 23.6. The molecular weight excluding hydrogens is 335 g/mol. The minimum absolute atomic E-state index is 0.0615. The molecular formula is C20H25FN2O3. The van der Waals surface area contributed by atoms with E-state index in [0.717, 1.165) is 5.56 Å². The number of benzene rings is 2. The summed E-state index contributed by atoms with van der Waals surface area (Å²) in [4.78, 5) is 12.4. The summed E-state index contributed by atoms with van der Waals surface area (Å²) in [5.41, 5.74) is 1.48. The Labute approximate surface area is 153 Å². The van der Waals surface area contributed by atoms with Crippen molar-refractivity contribution in [3.8, 4) is 11.5 Å². The summed E-state index contributed by atoms with van der Waals surface area (Å²) in [7, 11) is 3.10. The van der Waals surface area contributed by atoms with Crippen molar-refractivity contribution in [3.05, 3.63) is 53.8 Å². The molecule has 1 amide bonds. The lowest BCUT2D eigenvalue weighted by Gasteiger charge is -2.23. The van der Waals surface area contributed by atoms with Crippen molar-refractivity contribution in [1.29, 1.82) is 0 Å². The van der Waals surface area contributed by atoms with E-state index >= 15 is 0 Å². The van der Waals surface area contributed by atoms with Gasteiger partial charge in [0.05, 0.1) is 26.5 Å². The van der Waals surface area contributed by atoms with Crippen LogP contribution in [0.5, 0.6) is 11.5 Å². The van der Waals surface area contributed by atoms with Gasteiger partial charge in [-0.25, -0.2) is 4.39 Å². The lowest BCUT2D eigenvalue weighted by atomic mass is 9.96. The van der Waals surface area contributed by atoms with Crippen LogP contribution in [0, 0.1) is 11.7 Å². The van der Waals surface area contributed by atoms with Gasteiger partial charge < -0.3 is 20.1 Å². The van der Waals surface area contributed by atoms with Crippen molar-refractivity contribution in [2.45, 2.75) is 19.9 Å². The van der Waals surface area contributed by atoms with Gasteiger partial charge in [0.25, 0.3) is 0 Å². The number of nitrogens with one attached hydrogen (secondary N) is 2. The van der Waals surface area contributed by atoms with Crippen LogP contribution in [0.4, 0.5) is 10.1 Å². The average Bonchev–Trinajstić information content (AvgIpc) is 2.63. The first-order chi connectivity index (χ1) is 12.4. The topological polar surface area (TPSA) is 59.6 Å². The molecule has 0 aliphatic carbocycles. The van der Waals surface area contributed by atoms with Gasteiger partial charge in [0, 0.05) is 12.1 Å². The van der Waals surface area contributed by atoms with Crippen LogP contribution in [-0.2, 0) is 4.79 Å². The smallest absolute Gasteiger partial charge is 0.238 e. The quantitative estimate of drug-likeness (QED) is 0.752. The van der Waals surface area contributed by atoms with E-state index in [0.29, 0.717) is 17.2 Å². The number of halogens is 1. The Hall–Kier alpha value is -2.60. The van der Waals surface area contributed by atoms with Gasteiger partial charge in [-0.3, -0.25) is 4.79 Å². The van der Waals surface area contributed by atoms with Crippen LogP contribution < -0.4 is 20.1 Å². The summed E-state index contributed by atoms with van der Waals surface area (Å²) in [5, 5.41) is 6.06. The molecule has 0 unspecified atom stereocenters. The monoisotopic (exact) mass is 360 g/mol. The molecule has 0 saturated heterocycles. The second-order valence-electron chi connectivity index (χ2n) is 6.27.